The predicted octanol–water partition coefficient (Wildman–Crippen LogP) is 3.92. The van der Waals surface area contributed by atoms with E-state index in [2.05, 4.69) is 11.8 Å². The lowest BCUT2D eigenvalue weighted by Gasteiger charge is -2.38. The van der Waals surface area contributed by atoms with E-state index in [0.29, 0.717) is 16.6 Å². The van der Waals surface area contributed by atoms with Gasteiger partial charge < -0.3 is 4.90 Å². The van der Waals surface area contributed by atoms with Gasteiger partial charge in [-0.3, -0.25) is 4.79 Å². The molecule has 1 fully saturated rings. The third-order valence-electron chi connectivity index (χ3n) is 3.53. The second kappa shape index (κ2) is 5.54. The van der Waals surface area contributed by atoms with E-state index < -0.39 is 0 Å². The van der Waals surface area contributed by atoms with Crippen molar-refractivity contribution in [1.82, 2.24) is 0 Å². The maximum Gasteiger partial charge on any atom is 0.152 e. The number of benzene rings is 1. The lowest BCUT2D eigenvalue weighted by Crippen LogP contribution is -2.39. The van der Waals surface area contributed by atoms with Crippen LogP contribution in [0.3, 0.4) is 0 Å². The number of rotatable bonds is 3. The molecule has 1 aliphatic heterocycles. The molecule has 1 aromatic rings. The first kappa shape index (κ1) is 12.4. The molecule has 1 aliphatic rings. The summed E-state index contributed by atoms with van der Waals surface area (Å²) in [5.74, 6) is 0. The van der Waals surface area contributed by atoms with E-state index in [4.69, 9.17) is 11.6 Å². The normalized spacial score (nSPS) is 20.4. The Bertz CT molecular complexity index is 405. The Morgan fingerprint density at radius 1 is 1.47 bits per heavy atom. The van der Waals surface area contributed by atoms with Crippen molar-refractivity contribution in [1.29, 1.82) is 0 Å². The van der Waals surface area contributed by atoms with Gasteiger partial charge in [-0.1, -0.05) is 24.6 Å². The number of piperidine rings is 1. The van der Waals surface area contributed by atoms with Crippen LogP contribution in [-0.2, 0) is 0 Å². The number of carbonyl (C=O) groups excluding carboxylic acids is 1. The van der Waals surface area contributed by atoms with Gasteiger partial charge in [0.1, 0.15) is 0 Å². The zero-order valence-electron chi connectivity index (χ0n) is 10.2. The first-order valence-electron chi connectivity index (χ1n) is 6.28. The van der Waals surface area contributed by atoms with Crippen molar-refractivity contribution in [2.75, 3.05) is 11.4 Å². The Hall–Kier alpha value is -1.02. The van der Waals surface area contributed by atoms with Gasteiger partial charge in [0.25, 0.3) is 0 Å². The molecule has 0 bridgehead atoms. The van der Waals surface area contributed by atoms with E-state index in [9.17, 15) is 4.79 Å². The van der Waals surface area contributed by atoms with Crippen LogP contribution in [0.15, 0.2) is 18.2 Å². The number of halogens is 1. The molecule has 0 aliphatic carbocycles. The second-order valence-electron chi connectivity index (χ2n) is 4.55. The standard InChI is InChI=1S/C14H18ClNO/c1-2-12-7-3-4-9-16(12)14-11(10-17)6-5-8-13(14)15/h5-6,8,10,12H,2-4,7,9H2,1H3. The van der Waals surface area contributed by atoms with Crippen LogP contribution in [0.5, 0.6) is 0 Å². The molecule has 2 rings (SSSR count). The van der Waals surface area contributed by atoms with Crippen molar-refractivity contribution in [2.24, 2.45) is 0 Å². The molecule has 0 N–H and O–H groups in total. The van der Waals surface area contributed by atoms with E-state index in [1.165, 1.54) is 19.3 Å². The molecular weight excluding hydrogens is 234 g/mol. The number of carbonyl (C=O) groups is 1. The Morgan fingerprint density at radius 2 is 2.29 bits per heavy atom. The predicted molar refractivity (Wildman–Crippen MR) is 72.1 cm³/mol. The van der Waals surface area contributed by atoms with Crippen LogP contribution in [0.25, 0.3) is 0 Å². The van der Waals surface area contributed by atoms with Crippen LogP contribution >= 0.6 is 11.6 Å². The van der Waals surface area contributed by atoms with Gasteiger partial charge in [0.05, 0.1) is 10.7 Å². The Morgan fingerprint density at radius 3 is 3.00 bits per heavy atom. The molecule has 1 heterocycles. The third-order valence-corrected chi connectivity index (χ3v) is 3.84. The van der Waals surface area contributed by atoms with Crippen LogP contribution in [0, 0.1) is 0 Å². The molecule has 0 amide bonds. The monoisotopic (exact) mass is 251 g/mol. The van der Waals surface area contributed by atoms with Gasteiger partial charge in [0.2, 0.25) is 0 Å². The number of hydrogen-bond acceptors (Lipinski definition) is 2. The van der Waals surface area contributed by atoms with Crippen LogP contribution < -0.4 is 4.90 Å². The van der Waals surface area contributed by atoms with E-state index >= 15 is 0 Å². The number of hydrogen-bond donors (Lipinski definition) is 0. The summed E-state index contributed by atoms with van der Waals surface area (Å²) in [6, 6.07) is 6.06. The minimum absolute atomic E-state index is 0.516. The van der Waals surface area contributed by atoms with Crippen molar-refractivity contribution in [3.8, 4) is 0 Å². The molecule has 0 radical (unpaired) electrons. The van der Waals surface area contributed by atoms with Gasteiger partial charge in [0.15, 0.2) is 6.29 Å². The Labute approximate surface area is 108 Å². The topological polar surface area (TPSA) is 20.3 Å². The van der Waals surface area contributed by atoms with Crippen LogP contribution in [0.2, 0.25) is 5.02 Å². The Kier molecular flexibility index (Phi) is 4.06. The zero-order chi connectivity index (χ0) is 12.3. The van der Waals surface area contributed by atoms with Gasteiger partial charge in [-0.2, -0.15) is 0 Å². The smallest absolute Gasteiger partial charge is 0.152 e. The summed E-state index contributed by atoms with van der Waals surface area (Å²) in [6.45, 7) is 3.20. The first-order valence-corrected chi connectivity index (χ1v) is 6.66. The average Bonchev–Trinajstić information content (AvgIpc) is 2.38. The summed E-state index contributed by atoms with van der Waals surface area (Å²) in [4.78, 5) is 13.4. The minimum Gasteiger partial charge on any atom is -0.367 e. The summed E-state index contributed by atoms with van der Waals surface area (Å²) in [7, 11) is 0. The van der Waals surface area contributed by atoms with Crippen molar-refractivity contribution >= 4 is 23.6 Å². The minimum atomic E-state index is 0.516. The van der Waals surface area contributed by atoms with E-state index in [1.807, 2.05) is 18.2 Å². The highest BCUT2D eigenvalue weighted by molar-refractivity contribution is 6.34. The molecule has 0 aromatic heterocycles. The molecular formula is C14H18ClNO. The largest absolute Gasteiger partial charge is 0.367 e. The number of aldehydes is 1. The Balaban J connectivity index is 2.40. The molecule has 1 unspecified atom stereocenters. The highest BCUT2D eigenvalue weighted by Crippen LogP contribution is 2.34. The van der Waals surface area contributed by atoms with E-state index in [1.54, 1.807) is 0 Å². The fourth-order valence-electron chi connectivity index (χ4n) is 2.65. The van der Waals surface area contributed by atoms with E-state index in [0.717, 1.165) is 24.9 Å². The number of anilines is 1. The van der Waals surface area contributed by atoms with Crippen molar-refractivity contribution < 1.29 is 4.79 Å². The molecule has 0 spiro atoms. The lowest BCUT2D eigenvalue weighted by molar-refractivity contribution is 0.112. The highest BCUT2D eigenvalue weighted by atomic mass is 35.5. The van der Waals surface area contributed by atoms with Crippen LogP contribution in [-0.4, -0.2) is 18.9 Å². The number of para-hydroxylation sites is 1. The second-order valence-corrected chi connectivity index (χ2v) is 4.95. The maximum atomic E-state index is 11.1. The SMILES string of the molecule is CCC1CCCCN1c1c(Cl)cccc1C=O. The van der Waals surface area contributed by atoms with Crippen molar-refractivity contribution in [3.63, 3.8) is 0 Å². The summed E-state index contributed by atoms with van der Waals surface area (Å²) in [5.41, 5.74) is 1.63. The molecule has 2 nitrogen and oxygen atoms in total. The maximum absolute atomic E-state index is 11.1. The average molecular weight is 252 g/mol. The molecule has 17 heavy (non-hydrogen) atoms. The van der Waals surface area contributed by atoms with Gasteiger partial charge in [-0.15, -0.1) is 0 Å². The summed E-state index contributed by atoms with van der Waals surface area (Å²) in [6.07, 6.45) is 5.65. The molecule has 92 valence electrons. The summed E-state index contributed by atoms with van der Waals surface area (Å²) in [5, 5.41) is 0.690. The zero-order valence-corrected chi connectivity index (χ0v) is 10.9. The summed E-state index contributed by atoms with van der Waals surface area (Å²) >= 11 is 6.26. The lowest BCUT2D eigenvalue weighted by atomic mass is 9.98. The molecule has 0 saturated carbocycles. The highest BCUT2D eigenvalue weighted by Gasteiger charge is 2.24. The molecule has 1 atom stereocenters. The van der Waals surface area contributed by atoms with E-state index in [-0.39, 0.29) is 0 Å². The van der Waals surface area contributed by atoms with Gasteiger partial charge >= 0.3 is 0 Å². The number of nitrogens with zero attached hydrogens (tertiary/aromatic N) is 1. The first-order chi connectivity index (χ1) is 8.27. The van der Waals surface area contributed by atoms with Crippen LogP contribution in [0.4, 0.5) is 5.69 Å². The summed E-state index contributed by atoms with van der Waals surface area (Å²) < 4.78 is 0. The fraction of sp³-hybridized carbons (Fsp3) is 0.500. The molecule has 1 aromatic carbocycles. The van der Waals surface area contributed by atoms with Crippen molar-refractivity contribution in [2.45, 2.75) is 38.6 Å². The van der Waals surface area contributed by atoms with Gasteiger partial charge in [-0.25, -0.2) is 0 Å². The molecule has 1 saturated heterocycles. The van der Waals surface area contributed by atoms with Crippen molar-refractivity contribution in [3.05, 3.63) is 28.8 Å². The quantitative estimate of drug-likeness (QED) is 0.759. The third kappa shape index (κ3) is 2.47. The van der Waals surface area contributed by atoms with Crippen LogP contribution in [0.1, 0.15) is 43.0 Å². The van der Waals surface area contributed by atoms with Gasteiger partial charge in [-0.05, 0) is 37.8 Å². The molecule has 3 heteroatoms. The van der Waals surface area contributed by atoms with Gasteiger partial charge in [0, 0.05) is 18.2 Å². The fourth-order valence-corrected chi connectivity index (χ4v) is 2.94.